The maximum Gasteiger partial charge on any atom is 0.315 e. The van der Waals surface area contributed by atoms with Crippen molar-refractivity contribution in [2.45, 2.75) is 25.4 Å². The van der Waals surface area contributed by atoms with Gasteiger partial charge in [-0.3, -0.25) is 9.78 Å². The molecule has 1 aliphatic rings. The molecule has 0 aliphatic carbocycles. The average Bonchev–Trinajstić information content (AvgIpc) is 3.16. The first-order valence-electron chi connectivity index (χ1n) is 8.56. The van der Waals surface area contributed by atoms with E-state index in [2.05, 4.69) is 20.6 Å². The molecule has 3 amide bonds. The average molecular weight is 354 g/mol. The Morgan fingerprint density at radius 3 is 2.81 bits per heavy atom. The summed E-state index contributed by atoms with van der Waals surface area (Å²) in [5.41, 5.74) is 7.24. The molecule has 0 bridgehead atoms. The Bertz CT molecular complexity index is 750. The van der Waals surface area contributed by atoms with Crippen molar-refractivity contribution in [3.8, 4) is 0 Å². The van der Waals surface area contributed by atoms with Crippen molar-refractivity contribution >= 4 is 17.8 Å². The summed E-state index contributed by atoms with van der Waals surface area (Å²) in [6.45, 7) is 0.948. The van der Waals surface area contributed by atoms with E-state index in [0.29, 0.717) is 18.9 Å². The van der Waals surface area contributed by atoms with Crippen LogP contribution in [0.1, 0.15) is 30.1 Å². The van der Waals surface area contributed by atoms with E-state index in [1.165, 1.54) is 0 Å². The van der Waals surface area contributed by atoms with Crippen molar-refractivity contribution in [1.29, 1.82) is 0 Å². The molecular formula is C18H22N6O2. The fourth-order valence-corrected chi connectivity index (χ4v) is 2.99. The number of rotatable bonds is 5. The van der Waals surface area contributed by atoms with Crippen LogP contribution in [0.25, 0.3) is 0 Å². The molecule has 1 unspecified atom stereocenters. The number of carbonyl (C=O) groups excluding carboxylic acids is 2. The molecule has 8 nitrogen and oxygen atoms in total. The summed E-state index contributed by atoms with van der Waals surface area (Å²) in [5.74, 6) is 0.319. The largest absolute Gasteiger partial charge is 0.384 e. The maximum absolute atomic E-state index is 12.5. The standard InChI is InChI=1S/C18H22N6O2/c19-16-7-6-13(10-21-16)11-22-18(26)23-12-17(25)24-9-3-5-15(24)14-4-1-2-8-20-14/h1-2,4,6-8,10,15H,3,5,9,11-12H2,(H2,19,21)(H2,22,23,26). The third-order valence-electron chi connectivity index (χ3n) is 4.30. The lowest BCUT2D eigenvalue weighted by molar-refractivity contribution is -0.131. The molecule has 1 aliphatic heterocycles. The smallest absolute Gasteiger partial charge is 0.315 e. The first kappa shape index (κ1) is 17.7. The Balaban J connectivity index is 1.47. The minimum atomic E-state index is -0.399. The van der Waals surface area contributed by atoms with E-state index in [0.717, 1.165) is 24.1 Å². The topological polar surface area (TPSA) is 113 Å². The lowest BCUT2D eigenvalue weighted by Gasteiger charge is -2.24. The molecule has 0 aromatic carbocycles. The molecule has 1 fully saturated rings. The molecule has 0 saturated carbocycles. The normalized spacial score (nSPS) is 16.3. The van der Waals surface area contributed by atoms with Crippen molar-refractivity contribution in [3.63, 3.8) is 0 Å². The van der Waals surface area contributed by atoms with Gasteiger partial charge in [0.2, 0.25) is 5.91 Å². The Hall–Kier alpha value is -3.16. The summed E-state index contributed by atoms with van der Waals surface area (Å²) in [7, 11) is 0. The zero-order chi connectivity index (χ0) is 18.4. The fourth-order valence-electron chi connectivity index (χ4n) is 2.99. The molecule has 3 rings (SSSR count). The van der Waals surface area contributed by atoms with Crippen molar-refractivity contribution < 1.29 is 9.59 Å². The lowest BCUT2D eigenvalue weighted by atomic mass is 10.1. The molecular weight excluding hydrogens is 332 g/mol. The third kappa shape index (κ3) is 4.47. The molecule has 2 aromatic heterocycles. The van der Waals surface area contributed by atoms with Crippen LogP contribution in [-0.4, -0.2) is 39.9 Å². The van der Waals surface area contributed by atoms with Crippen LogP contribution in [0.15, 0.2) is 42.7 Å². The summed E-state index contributed by atoms with van der Waals surface area (Å²) in [6.07, 6.45) is 5.15. The molecule has 0 spiro atoms. The quantitative estimate of drug-likeness (QED) is 0.747. The summed E-state index contributed by atoms with van der Waals surface area (Å²) in [4.78, 5) is 34.5. The molecule has 8 heteroatoms. The number of amides is 3. The van der Waals surface area contributed by atoms with E-state index in [9.17, 15) is 9.59 Å². The number of nitrogens with one attached hydrogen (secondary N) is 2. The van der Waals surface area contributed by atoms with Crippen LogP contribution < -0.4 is 16.4 Å². The third-order valence-corrected chi connectivity index (χ3v) is 4.30. The van der Waals surface area contributed by atoms with Gasteiger partial charge in [0.15, 0.2) is 0 Å². The van der Waals surface area contributed by atoms with E-state index in [-0.39, 0.29) is 18.5 Å². The number of nitrogen functional groups attached to an aromatic ring is 1. The molecule has 1 saturated heterocycles. The SMILES string of the molecule is Nc1ccc(CNC(=O)NCC(=O)N2CCCC2c2ccccn2)cn1. The van der Waals surface area contributed by atoms with Crippen LogP contribution in [0, 0.1) is 0 Å². The van der Waals surface area contributed by atoms with Gasteiger partial charge in [-0.2, -0.15) is 0 Å². The molecule has 2 aromatic rings. The van der Waals surface area contributed by atoms with Crippen LogP contribution in [0.2, 0.25) is 0 Å². The highest BCUT2D eigenvalue weighted by atomic mass is 16.2. The number of pyridine rings is 2. The van der Waals surface area contributed by atoms with Crippen LogP contribution >= 0.6 is 0 Å². The van der Waals surface area contributed by atoms with Gasteiger partial charge < -0.3 is 21.3 Å². The molecule has 1 atom stereocenters. The number of carbonyl (C=O) groups is 2. The summed E-state index contributed by atoms with van der Waals surface area (Å²) in [6, 6.07) is 8.74. The predicted octanol–water partition coefficient (Wildman–Crippen LogP) is 1.22. The van der Waals surface area contributed by atoms with Crippen molar-refractivity contribution in [1.82, 2.24) is 25.5 Å². The second-order valence-corrected chi connectivity index (χ2v) is 6.13. The van der Waals surface area contributed by atoms with E-state index < -0.39 is 6.03 Å². The van der Waals surface area contributed by atoms with Gasteiger partial charge in [0.05, 0.1) is 18.3 Å². The second kappa shape index (κ2) is 8.28. The molecule has 3 heterocycles. The van der Waals surface area contributed by atoms with Gasteiger partial charge in [0.25, 0.3) is 0 Å². The van der Waals surface area contributed by atoms with Crippen molar-refractivity contribution in [2.75, 3.05) is 18.8 Å². The first-order valence-corrected chi connectivity index (χ1v) is 8.56. The van der Waals surface area contributed by atoms with E-state index in [4.69, 9.17) is 5.73 Å². The first-order chi connectivity index (χ1) is 12.6. The van der Waals surface area contributed by atoms with E-state index >= 15 is 0 Å². The maximum atomic E-state index is 12.5. The fraction of sp³-hybridized carbons (Fsp3) is 0.333. The minimum absolute atomic E-state index is 0.0191. The summed E-state index contributed by atoms with van der Waals surface area (Å²) in [5, 5.41) is 5.30. The Kier molecular flexibility index (Phi) is 5.62. The number of aromatic nitrogens is 2. The Morgan fingerprint density at radius 2 is 2.08 bits per heavy atom. The summed E-state index contributed by atoms with van der Waals surface area (Å²) >= 11 is 0. The van der Waals surface area contributed by atoms with E-state index in [1.54, 1.807) is 29.4 Å². The number of hydrogen-bond donors (Lipinski definition) is 3. The van der Waals surface area contributed by atoms with Crippen LogP contribution in [-0.2, 0) is 11.3 Å². The molecule has 136 valence electrons. The summed E-state index contributed by atoms with van der Waals surface area (Å²) < 4.78 is 0. The highest BCUT2D eigenvalue weighted by molar-refractivity contribution is 5.84. The van der Waals surface area contributed by atoms with Gasteiger partial charge in [-0.25, -0.2) is 9.78 Å². The molecule has 4 N–H and O–H groups in total. The van der Waals surface area contributed by atoms with Crippen LogP contribution in [0.3, 0.4) is 0 Å². The van der Waals surface area contributed by atoms with Crippen molar-refractivity contribution in [3.05, 3.63) is 54.0 Å². The van der Waals surface area contributed by atoms with Gasteiger partial charge in [-0.15, -0.1) is 0 Å². The van der Waals surface area contributed by atoms with Gasteiger partial charge >= 0.3 is 6.03 Å². The Morgan fingerprint density at radius 1 is 1.19 bits per heavy atom. The van der Waals surface area contributed by atoms with Gasteiger partial charge in [0.1, 0.15) is 5.82 Å². The predicted molar refractivity (Wildman–Crippen MR) is 96.8 cm³/mol. The number of anilines is 1. The van der Waals surface area contributed by atoms with Crippen molar-refractivity contribution in [2.24, 2.45) is 0 Å². The second-order valence-electron chi connectivity index (χ2n) is 6.13. The number of urea groups is 1. The van der Waals surface area contributed by atoms with Crippen LogP contribution in [0.4, 0.5) is 10.6 Å². The zero-order valence-corrected chi connectivity index (χ0v) is 14.4. The van der Waals surface area contributed by atoms with Gasteiger partial charge in [-0.1, -0.05) is 12.1 Å². The van der Waals surface area contributed by atoms with Crippen LogP contribution in [0.5, 0.6) is 0 Å². The zero-order valence-electron chi connectivity index (χ0n) is 14.4. The van der Waals surface area contributed by atoms with E-state index in [1.807, 2.05) is 18.2 Å². The highest BCUT2D eigenvalue weighted by Gasteiger charge is 2.30. The Labute approximate surface area is 151 Å². The minimum Gasteiger partial charge on any atom is -0.384 e. The van der Waals surface area contributed by atoms with Gasteiger partial charge in [-0.05, 0) is 36.6 Å². The monoisotopic (exact) mass is 354 g/mol. The number of likely N-dealkylation sites (tertiary alicyclic amines) is 1. The number of nitrogens with two attached hydrogens (primary N) is 1. The molecule has 0 radical (unpaired) electrons. The molecule has 26 heavy (non-hydrogen) atoms. The lowest BCUT2D eigenvalue weighted by Crippen LogP contribution is -2.43. The van der Waals surface area contributed by atoms with Gasteiger partial charge in [0, 0.05) is 25.5 Å². The number of hydrogen-bond acceptors (Lipinski definition) is 5. The number of nitrogens with zero attached hydrogens (tertiary/aromatic N) is 3. The highest BCUT2D eigenvalue weighted by Crippen LogP contribution is 2.30.